The Morgan fingerprint density at radius 2 is 0.783 bits per heavy atom. The summed E-state index contributed by atoms with van der Waals surface area (Å²) in [5.74, 6) is -3.33. The standard InChI is InChI=1S/C4H13N3.4C2H4O2/c5-1-3-7-4-2-6;4*1-2(3)4/h7H,1-6H2;4*1H3,(H,3,4). The van der Waals surface area contributed by atoms with Gasteiger partial charge in [0.25, 0.3) is 23.9 Å². The molecule has 0 amide bonds. The SMILES string of the molecule is CC(=O)O.CC(=O)O.CC(=O)O.CC(=O)O.NCCNCCN. The first-order chi connectivity index (χ1) is 10.3. The minimum absolute atomic E-state index is 0.694. The van der Waals surface area contributed by atoms with E-state index in [0.717, 1.165) is 40.8 Å². The third-order valence-electron chi connectivity index (χ3n) is 0.642. The molecule has 0 aliphatic carbocycles. The van der Waals surface area contributed by atoms with Gasteiger partial charge in [-0.2, -0.15) is 0 Å². The van der Waals surface area contributed by atoms with E-state index in [2.05, 4.69) is 5.32 Å². The van der Waals surface area contributed by atoms with Crippen molar-refractivity contribution < 1.29 is 39.6 Å². The van der Waals surface area contributed by atoms with Gasteiger partial charge in [0, 0.05) is 53.9 Å². The molecule has 23 heavy (non-hydrogen) atoms. The topological polar surface area (TPSA) is 213 Å². The number of hydrogen-bond donors (Lipinski definition) is 7. The maximum atomic E-state index is 9.00. The monoisotopic (exact) mass is 343 g/mol. The van der Waals surface area contributed by atoms with Crippen molar-refractivity contribution in [2.24, 2.45) is 11.5 Å². The molecule has 0 heterocycles. The first kappa shape index (κ1) is 32.6. The quantitative estimate of drug-likeness (QED) is 0.303. The molecule has 0 saturated carbocycles. The van der Waals surface area contributed by atoms with E-state index in [9.17, 15) is 0 Å². The van der Waals surface area contributed by atoms with Crippen LogP contribution < -0.4 is 16.8 Å². The number of aliphatic carboxylic acids is 4. The van der Waals surface area contributed by atoms with Crippen molar-refractivity contribution in [2.75, 3.05) is 26.2 Å². The molecule has 0 aromatic carbocycles. The van der Waals surface area contributed by atoms with Gasteiger partial charge in [0.2, 0.25) is 0 Å². The van der Waals surface area contributed by atoms with Crippen LogP contribution in [-0.2, 0) is 19.2 Å². The van der Waals surface area contributed by atoms with Crippen molar-refractivity contribution in [1.82, 2.24) is 5.32 Å². The van der Waals surface area contributed by atoms with Crippen LogP contribution >= 0.6 is 0 Å². The lowest BCUT2D eigenvalue weighted by molar-refractivity contribution is -0.135. The molecule has 0 aromatic heterocycles. The van der Waals surface area contributed by atoms with Gasteiger partial charge in [-0.05, 0) is 0 Å². The van der Waals surface area contributed by atoms with E-state index in [-0.39, 0.29) is 0 Å². The molecule has 0 atom stereocenters. The molecule has 0 aromatic rings. The van der Waals surface area contributed by atoms with Crippen molar-refractivity contribution >= 4 is 23.9 Å². The highest BCUT2D eigenvalue weighted by molar-refractivity contribution is 5.63. The highest BCUT2D eigenvalue weighted by atomic mass is 16.4. The summed E-state index contributed by atoms with van der Waals surface area (Å²) in [5, 5.41) is 32.7. The largest absolute Gasteiger partial charge is 0.481 e. The number of carbonyl (C=O) groups is 4. The maximum absolute atomic E-state index is 9.00. The van der Waals surface area contributed by atoms with Gasteiger partial charge in [0.1, 0.15) is 0 Å². The van der Waals surface area contributed by atoms with E-state index < -0.39 is 23.9 Å². The van der Waals surface area contributed by atoms with Crippen LogP contribution in [0.1, 0.15) is 27.7 Å². The van der Waals surface area contributed by atoms with E-state index in [1.807, 2.05) is 0 Å². The molecule has 0 spiro atoms. The average Bonchev–Trinajstić information content (AvgIpc) is 2.26. The first-order valence-corrected chi connectivity index (χ1v) is 6.23. The van der Waals surface area contributed by atoms with Crippen LogP contribution in [-0.4, -0.2) is 70.5 Å². The molecule has 0 radical (unpaired) electrons. The van der Waals surface area contributed by atoms with Crippen molar-refractivity contribution in [3.63, 3.8) is 0 Å². The second-order valence-electron chi connectivity index (χ2n) is 3.40. The number of nitrogens with two attached hydrogens (primary N) is 2. The lowest BCUT2D eigenvalue weighted by Gasteiger charge is -1.95. The highest BCUT2D eigenvalue weighted by Crippen LogP contribution is 1.49. The van der Waals surface area contributed by atoms with E-state index in [1.165, 1.54) is 0 Å². The van der Waals surface area contributed by atoms with Crippen LogP contribution in [0.25, 0.3) is 0 Å². The van der Waals surface area contributed by atoms with E-state index in [1.54, 1.807) is 0 Å². The molecule has 0 bridgehead atoms. The predicted octanol–water partition coefficient (Wildman–Crippen LogP) is -1.14. The average molecular weight is 343 g/mol. The fourth-order valence-electron chi connectivity index (χ4n) is 0.329. The molecule has 0 aliphatic heterocycles. The van der Waals surface area contributed by atoms with Gasteiger partial charge in [-0.25, -0.2) is 0 Å². The Balaban J connectivity index is -0.0000000604. The summed E-state index contributed by atoms with van der Waals surface area (Å²) in [5.41, 5.74) is 10.3. The van der Waals surface area contributed by atoms with Crippen LogP contribution in [0.2, 0.25) is 0 Å². The van der Waals surface area contributed by atoms with Gasteiger partial charge < -0.3 is 37.2 Å². The van der Waals surface area contributed by atoms with Gasteiger partial charge in [-0.3, -0.25) is 19.2 Å². The first-order valence-electron chi connectivity index (χ1n) is 6.23. The molecule has 11 nitrogen and oxygen atoms in total. The predicted molar refractivity (Wildman–Crippen MR) is 84.2 cm³/mol. The Morgan fingerprint density at radius 3 is 0.870 bits per heavy atom. The van der Waals surface area contributed by atoms with Crippen molar-refractivity contribution in [1.29, 1.82) is 0 Å². The minimum atomic E-state index is -0.833. The number of carboxylic acid groups (broad SMARTS) is 4. The second-order valence-corrected chi connectivity index (χ2v) is 3.40. The summed E-state index contributed by atoms with van der Waals surface area (Å²) < 4.78 is 0. The molecule has 0 saturated heterocycles. The minimum Gasteiger partial charge on any atom is -0.481 e. The summed E-state index contributed by atoms with van der Waals surface area (Å²) in [4.78, 5) is 36.0. The highest BCUT2D eigenvalue weighted by Gasteiger charge is 1.76. The van der Waals surface area contributed by atoms with Crippen molar-refractivity contribution in [3.8, 4) is 0 Å². The van der Waals surface area contributed by atoms with E-state index >= 15 is 0 Å². The molecule has 0 rings (SSSR count). The van der Waals surface area contributed by atoms with Gasteiger partial charge in [-0.1, -0.05) is 0 Å². The fourth-order valence-corrected chi connectivity index (χ4v) is 0.329. The fraction of sp³-hybridized carbons (Fsp3) is 0.667. The summed E-state index contributed by atoms with van der Waals surface area (Å²) in [7, 11) is 0. The van der Waals surface area contributed by atoms with Crippen molar-refractivity contribution in [2.45, 2.75) is 27.7 Å². The van der Waals surface area contributed by atoms with E-state index in [4.69, 9.17) is 51.1 Å². The van der Waals surface area contributed by atoms with Crippen LogP contribution in [0.15, 0.2) is 0 Å². The van der Waals surface area contributed by atoms with Gasteiger partial charge in [0.15, 0.2) is 0 Å². The smallest absolute Gasteiger partial charge is 0.300 e. The van der Waals surface area contributed by atoms with Crippen LogP contribution in [0.5, 0.6) is 0 Å². The van der Waals surface area contributed by atoms with Gasteiger partial charge in [0.05, 0.1) is 0 Å². The Kier molecular flexibility index (Phi) is 45.3. The molecule has 0 unspecified atom stereocenters. The molecule has 0 fully saturated rings. The van der Waals surface area contributed by atoms with Crippen LogP contribution in [0.4, 0.5) is 0 Å². The molecular formula is C12H29N3O8. The zero-order chi connectivity index (χ0) is 19.8. The number of rotatable bonds is 4. The summed E-state index contributed by atoms with van der Waals surface area (Å²) in [6, 6.07) is 0. The van der Waals surface area contributed by atoms with Gasteiger partial charge >= 0.3 is 0 Å². The molecule has 0 aliphatic rings. The molecule has 11 heteroatoms. The molecule has 140 valence electrons. The Bertz CT molecular complexity index is 230. The van der Waals surface area contributed by atoms with Crippen LogP contribution in [0, 0.1) is 0 Å². The number of carboxylic acids is 4. The lowest BCUT2D eigenvalue weighted by atomic mass is 10.6. The molecular weight excluding hydrogens is 314 g/mol. The summed E-state index contributed by atoms with van der Waals surface area (Å²) in [6.45, 7) is 7.47. The zero-order valence-corrected chi connectivity index (χ0v) is 13.9. The molecule has 9 N–H and O–H groups in total. The Morgan fingerprint density at radius 1 is 0.652 bits per heavy atom. The number of nitrogens with one attached hydrogen (secondary N) is 1. The zero-order valence-electron chi connectivity index (χ0n) is 13.9. The summed E-state index contributed by atoms with van der Waals surface area (Å²) in [6.07, 6.45) is 0. The third-order valence-corrected chi connectivity index (χ3v) is 0.642. The number of hydrogen-bond acceptors (Lipinski definition) is 7. The maximum Gasteiger partial charge on any atom is 0.300 e. The third kappa shape index (κ3) is 2010. The van der Waals surface area contributed by atoms with Gasteiger partial charge in [-0.15, -0.1) is 0 Å². The summed E-state index contributed by atoms with van der Waals surface area (Å²) >= 11 is 0. The van der Waals surface area contributed by atoms with E-state index in [0.29, 0.717) is 13.1 Å². The normalized spacial score (nSPS) is 7.22. The second kappa shape index (κ2) is 31.9. The van der Waals surface area contributed by atoms with Crippen LogP contribution in [0.3, 0.4) is 0 Å². The lowest BCUT2D eigenvalue weighted by Crippen LogP contribution is -2.27. The Hall–Kier alpha value is -2.24. The van der Waals surface area contributed by atoms with Crippen molar-refractivity contribution in [3.05, 3.63) is 0 Å². The Labute approximate surface area is 135 Å².